The molecule has 0 aliphatic heterocycles. The van der Waals surface area contributed by atoms with E-state index in [1.54, 1.807) is 6.20 Å². The van der Waals surface area contributed by atoms with Crippen LogP contribution in [0, 0.1) is 5.92 Å². The molecular weight excluding hydrogens is 406 g/mol. The molecule has 10 heteroatoms. The zero-order valence-corrected chi connectivity index (χ0v) is 18.7. The molecule has 1 aliphatic rings. The van der Waals surface area contributed by atoms with Gasteiger partial charge < -0.3 is 20.7 Å². The normalized spacial score (nSPS) is 15.0. The molecule has 168 valence electrons. The maximum absolute atomic E-state index is 9.65. The number of nitrogens with one attached hydrogen (secondary N) is 1. The molecule has 0 bridgehead atoms. The number of amidine groups is 1. The third-order valence-electron chi connectivity index (χ3n) is 5.39. The highest BCUT2D eigenvalue weighted by Crippen LogP contribution is 2.31. The first-order valence-electron chi connectivity index (χ1n) is 10.7. The molecule has 1 aliphatic carbocycles. The zero-order chi connectivity index (χ0) is 22.8. The Bertz CT molecular complexity index is 1200. The lowest BCUT2D eigenvalue weighted by atomic mass is 10.3. The summed E-state index contributed by atoms with van der Waals surface area (Å²) in [4.78, 5) is 17.6. The molecule has 0 amide bonds. The van der Waals surface area contributed by atoms with Crippen molar-refractivity contribution in [3.63, 3.8) is 0 Å². The van der Waals surface area contributed by atoms with Gasteiger partial charge in [0.15, 0.2) is 11.7 Å². The van der Waals surface area contributed by atoms with E-state index in [-0.39, 0.29) is 12.6 Å². The van der Waals surface area contributed by atoms with E-state index in [1.807, 2.05) is 48.4 Å². The van der Waals surface area contributed by atoms with Crippen molar-refractivity contribution in [2.75, 3.05) is 11.1 Å². The van der Waals surface area contributed by atoms with Crippen molar-refractivity contribution in [3.05, 3.63) is 41.7 Å². The Kier molecular flexibility index (Phi) is 6.04. The second-order valence-electron chi connectivity index (χ2n) is 8.19. The summed E-state index contributed by atoms with van der Waals surface area (Å²) in [6, 6.07) is 2.03. The molecule has 0 aromatic carbocycles. The molecule has 3 aromatic heterocycles. The fourth-order valence-corrected chi connectivity index (χ4v) is 3.66. The molecule has 3 aromatic rings. The number of allylic oxidation sites excluding steroid dienone is 1. The van der Waals surface area contributed by atoms with Crippen molar-refractivity contribution in [2.45, 2.75) is 52.8 Å². The Morgan fingerprint density at radius 1 is 1.44 bits per heavy atom. The summed E-state index contributed by atoms with van der Waals surface area (Å²) in [5.74, 6) is 3.20. The van der Waals surface area contributed by atoms with Crippen LogP contribution in [0.2, 0.25) is 0 Å². The molecule has 4 rings (SSSR count). The van der Waals surface area contributed by atoms with Gasteiger partial charge in [-0.05, 0) is 52.3 Å². The lowest BCUT2D eigenvalue weighted by Gasteiger charge is -2.12. The van der Waals surface area contributed by atoms with Crippen LogP contribution in [-0.4, -0.2) is 42.0 Å². The fraction of sp³-hybridized carbons (Fsp3) is 0.409. The van der Waals surface area contributed by atoms with E-state index in [2.05, 4.69) is 37.1 Å². The van der Waals surface area contributed by atoms with Crippen molar-refractivity contribution < 1.29 is 5.11 Å². The SMILES string of the molecule is C=NC(=N/C(=C\C)Nc1cc2c(cn1)nc(CO)n2C(C)C)c1cn(CC2CC2)nc1N. The Morgan fingerprint density at radius 2 is 2.22 bits per heavy atom. The number of nitrogens with zero attached hydrogens (tertiary/aromatic N) is 7. The number of imidazole rings is 1. The predicted molar refractivity (Wildman–Crippen MR) is 127 cm³/mol. The number of anilines is 2. The molecule has 3 heterocycles. The number of hydrogen-bond acceptors (Lipinski definition) is 7. The van der Waals surface area contributed by atoms with Gasteiger partial charge >= 0.3 is 0 Å². The molecule has 0 atom stereocenters. The van der Waals surface area contributed by atoms with Crippen molar-refractivity contribution >= 4 is 35.2 Å². The largest absolute Gasteiger partial charge is 0.388 e. The van der Waals surface area contributed by atoms with Crippen molar-refractivity contribution in [1.82, 2.24) is 24.3 Å². The highest BCUT2D eigenvalue weighted by Gasteiger charge is 2.23. The van der Waals surface area contributed by atoms with Gasteiger partial charge in [0.25, 0.3) is 0 Å². The summed E-state index contributed by atoms with van der Waals surface area (Å²) in [6.07, 6.45) is 7.83. The number of rotatable bonds is 8. The summed E-state index contributed by atoms with van der Waals surface area (Å²) >= 11 is 0. The molecule has 0 saturated heterocycles. The van der Waals surface area contributed by atoms with E-state index in [0.29, 0.717) is 40.6 Å². The van der Waals surface area contributed by atoms with Gasteiger partial charge in [-0.15, -0.1) is 0 Å². The fourth-order valence-electron chi connectivity index (χ4n) is 3.66. The minimum atomic E-state index is -0.135. The summed E-state index contributed by atoms with van der Waals surface area (Å²) in [7, 11) is 0. The summed E-state index contributed by atoms with van der Waals surface area (Å²) in [6.45, 7) is 10.3. The van der Waals surface area contributed by atoms with Crippen LogP contribution in [0.25, 0.3) is 11.0 Å². The lowest BCUT2D eigenvalue weighted by molar-refractivity contribution is 0.263. The average Bonchev–Trinajstić information content (AvgIpc) is 3.39. The molecule has 1 fully saturated rings. The number of nitrogen functional groups attached to an aromatic ring is 1. The van der Waals surface area contributed by atoms with Crippen LogP contribution < -0.4 is 11.1 Å². The van der Waals surface area contributed by atoms with E-state index in [1.165, 1.54) is 12.8 Å². The van der Waals surface area contributed by atoms with Gasteiger partial charge in [0.2, 0.25) is 0 Å². The number of hydrogen-bond donors (Lipinski definition) is 3. The highest BCUT2D eigenvalue weighted by atomic mass is 16.3. The Balaban J connectivity index is 1.62. The van der Waals surface area contributed by atoms with Crippen LogP contribution in [0.4, 0.5) is 11.6 Å². The number of aliphatic imine (C=N–C) groups is 2. The highest BCUT2D eigenvalue weighted by molar-refractivity contribution is 6.05. The summed E-state index contributed by atoms with van der Waals surface area (Å²) in [5.41, 5.74) is 8.38. The maximum atomic E-state index is 9.65. The monoisotopic (exact) mass is 435 g/mol. The van der Waals surface area contributed by atoms with Crippen molar-refractivity contribution in [3.8, 4) is 0 Å². The molecule has 0 radical (unpaired) electrons. The smallest absolute Gasteiger partial charge is 0.166 e. The molecule has 10 nitrogen and oxygen atoms in total. The Hall–Kier alpha value is -3.53. The van der Waals surface area contributed by atoms with Crippen LogP contribution in [-0.2, 0) is 13.2 Å². The first kappa shape index (κ1) is 21.7. The molecule has 1 saturated carbocycles. The third-order valence-corrected chi connectivity index (χ3v) is 5.39. The van der Waals surface area contributed by atoms with Crippen LogP contribution in [0.1, 0.15) is 51.0 Å². The number of pyridine rings is 1. The van der Waals surface area contributed by atoms with E-state index < -0.39 is 0 Å². The van der Waals surface area contributed by atoms with Crippen LogP contribution in [0.5, 0.6) is 0 Å². The van der Waals surface area contributed by atoms with Gasteiger partial charge in [-0.25, -0.2) is 20.0 Å². The molecule has 32 heavy (non-hydrogen) atoms. The van der Waals surface area contributed by atoms with E-state index in [4.69, 9.17) is 5.73 Å². The summed E-state index contributed by atoms with van der Waals surface area (Å²) in [5, 5.41) is 17.3. The van der Waals surface area contributed by atoms with Gasteiger partial charge in [0.05, 0.1) is 17.3 Å². The van der Waals surface area contributed by atoms with E-state index in [9.17, 15) is 5.11 Å². The number of aliphatic hydroxyl groups is 1. The van der Waals surface area contributed by atoms with Crippen molar-refractivity contribution in [2.24, 2.45) is 15.9 Å². The second kappa shape index (κ2) is 8.91. The minimum absolute atomic E-state index is 0.135. The quantitative estimate of drug-likeness (QED) is 0.368. The third kappa shape index (κ3) is 4.40. The second-order valence-corrected chi connectivity index (χ2v) is 8.19. The van der Waals surface area contributed by atoms with Crippen molar-refractivity contribution in [1.29, 1.82) is 0 Å². The molecular formula is C22H29N9O. The van der Waals surface area contributed by atoms with Crippen LogP contribution in [0.15, 0.2) is 40.3 Å². The lowest BCUT2D eigenvalue weighted by Crippen LogP contribution is -2.07. The Labute approximate surface area is 186 Å². The molecule has 0 unspecified atom stereocenters. The zero-order valence-electron chi connectivity index (χ0n) is 18.7. The topological polar surface area (TPSA) is 132 Å². The van der Waals surface area contributed by atoms with Gasteiger partial charge in [-0.2, -0.15) is 5.10 Å². The predicted octanol–water partition coefficient (Wildman–Crippen LogP) is 3.11. The van der Waals surface area contributed by atoms with Gasteiger partial charge in [-0.1, -0.05) is 0 Å². The van der Waals surface area contributed by atoms with Crippen LogP contribution in [0.3, 0.4) is 0 Å². The van der Waals surface area contributed by atoms with Gasteiger partial charge in [0, 0.05) is 24.8 Å². The molecule has 0 spiro atoms. The minimum Gasteiger partial charge on any atom is -0.388 e. The van der Waals surface area contributed by atoms with Crippen LogP contribution >= 0.6 is 0 Å². The Morgan fingerprint density at radius 3 is 2.84 bits per heavy atom. The number of aromatic nitrogens is 5. The first-order chi connectivity index (χ1) is 15.4. The average molecular weight is 436 g/mol. The standard InChI is InChI=1S/C22H29N9O/c1-5-18(28-22(24-4)15-11-30(29-21(15)23)10-14-6-7-14)27-19-8-17-16(9-25-19)26-20(12-32)31(17)13(2)3/h5,8-9,11,13-14,32H,4,6-7,10,12H2,1-3H3,(H2,23,29)(H,25,27)/b18-5-,28-22?. The summed E-state index contributed by atoms with van der Waals surface area (Å²) < 4.78 is 3.85. The maximum Gasteiger partial charge on any atom is 0.166 e. The van der Waals surface area contributed by atoms with E-state index in [0.717, 1.165) is 17.6 Å². The molecule has 4 N–H and O–H groups in total. The van der Waals surface area contributed by atoms with E-state index >= 15 is 0 Å². The number of nitrogens with two attached hydrogens (primary N) is 1. The first-order valence-corrected chi connectivity index (χ1v) is 10.7. The van der Waals surface area contributed by atoms with Gasteiger partial charge in [-0.3, -0.25) is 4.68 Å². The number of fused-ring (bicyclic) bond motifs is 1. The number of aliphatic hydroxyl groups excluding tert-OH is 1. The van der Waals surface area contributed by atoms with Gasteiger partial charge in [0.1, 0.15) is 29.6 Å².